The minimum absolute atomic E-state index is 0.108. The maximum Gasteiger partial charge on any atom is 0.421 e. The molecule has 0 radical (unpaired) electrons. The van der Waals surface area contributed by atoms with Gasteiger partial charge in [-0.25, -0.2) is 9.52 Å². The third-order valence-corrected chi connectivity index (χ3v) is 4.06. The lowest BCUT2D eigenvalue weighted by atomic mass is 10.2. The van der Waals surface area contributed by atoms with Crippen LogP contribution < -0.4 is 4.72 Å². The second-order valence-corrected chi connectivity index (χ2v) is 6.41. The fourth-order valence-corrected chi connectivity index (χ4v) is 2.51. The van der Waals surface area contributed by atoms with Gasteiger partial charge in [0.2, 0.25) is 0 Å². The fraction of sp³-hybridized carbons (Fsp3) is 0.364. The predicted molar refractivity (Wildman–Crippen MR) is 74.7 cm³/mol. The number of hydrogen-bond acceptors (Lipinski definition) is 4. The molecule has 6 nitrogen and oxygen atoms in total. The summed E-state index contributed by atoms with van der Waals surface area (Å²) in [5.41, 5.74) is 0.797. The van der Waals surface area contributed by atoms with Gasteiger partial charge in [0.05, 0.1) is 6.61 Å². The highest BCUT2D eigenvalue weighted by atomic mass is 79.9. The van der Waals surface area contributed by atoms with E-state index in [4.69, 9.17) is 0 Å². The van der Waals surface area contributed by atoms with Crippen molar-refractivity contribution in [1.29, 1.82) is 0 Å². The van der Waals surface area contributed by atoms with Crippen LogP contribution in [0.2, 0.25) is 0 Å². The zero-order chi connectivity index (χ0) is 14.5. The summed E-state index contributed by atoms with van der Waals surface area (Å²) in [5.74, 6) is 0. The summed E-state index contributed by atoms with van der Waals surface area (Å²) in [7, 11) is -2.52. The van der Waals surface area contributed by atoms with E-state index in [9.17, 15) is 13.2 Å². The van der Waals surface area contributed by atoms with Gasteiger partial charge in [-0.3, -0.25) is 0 Å². The number of rotatable bonds is 5. The highest BCUT2D eigenvalue weighted by molar-refractivity contribution is 9.10. The molecule has 8 heteroatoms. The van der Waals surface area contributed by atoms with E-state index in [-0.39, 0.29) is 13.2 Å². The van der Waals surface area contributed by atoms with Crippen molar-refractivity contribution in [2.75, 3.05) is 13.7 Å². The molecule has 1 amide bonds. The first-order valence-electron chi connectivity index (χ1n) is 5.50. The number of halogens is 1. The van der Waals surface area contributed by atoms with Crippen molar-refractivity contribution in [3.63, 3.8) is 0 Å². The van der Waals surface area contributed by atoms with E-state index >= 15 is 0 Å². The van der Waals surface area contributed by atoms with Crippen LogP contribution in [0.4, 0.5) is 4.79 Å². The van der Waals surface area contributed by atoms with E-state index < -0.39 is 16.3 Å². The van der Waals surface area contributed by atoms with E-state index in [1.165, 1.54) is 7.05 Å². The summed E-state index contributed by atoms with van der Waals surface area (Å²) in [4.78, 5) is 11.1. The quantitative estimate of drug-likeness (QED) is 0.879. The number of carbonyl (C=O) groups excluding carboxylic acids is 1. The molecule has 1 rings (SSSR count). The Hall–Kier alpha value is -1.12. The van der Waals surface area contributed by atoms with Crippen molar-refractivity contribution in [3.8, 4) is 0 Å². The Kier molecular flexibility index (Phi) is 5.77. The number of nitrogens with one attached hydrogen (secondary N) is 1. The predicted octanol–water partition coefficient (Wildman–Crippen LogP) is 1.87. The molecule has 0 spiro atoms. The van der Waals surface area contributed by atoms with Crippen molar-refractivity contribution in [3.05, 3.63) is 34.3 Å². The summed E-state index contributed by atoms with van der Waals surface area (Å²) in [6.45, 7) is 1.85. The summed E-state index contributed by atoms with van der Waals surface area (Å²) in [6, 6.07) is 7.24. The molecule has 0 unspecified atom stereocenters. The zero-order valence-corrected chi connectivity index (χ0v) is 13.0. The van der Waals surface area contributed by atoms with Crippen LogP contribution in [0, 0.1) is 0 Å². The van der Waals surface area contributed by atoms with Crippen LogP contribution in [0.15, 0.2) is 28.7 Å². The van der Waals surface area contributed by atoms with E-state index in [1.807, 2.05) is 10.8 Å². The molecule has 0 aliphatic rings. The first kappa shape index (κ1) is 15.9. The summed E-state index contributed by atoms with van der Waals surface area (Å²) in [5, 5.41) is 0. The summed E-state index contributed by atoms with van der Waals surface area (Å²) in [6.07, 6.45) is -0.983. The van der Waals surface area contributed by atoms with E-state index in [0.29, 0.717) is 0 Å². The second-order valence-electron chi connectivity index (χ2n) is 3.71. The molecule has 19 heavy (non-hydrogen) atoms. The maximum atomic E-state index is 11.8. The van der Waals surface area contributed by atoms with Crippen molar-refractivity contribution >= 4 is 32.2 Å². The second kappa shape index (κ2) is 6.88. The molecule has 106 valence electrons. The SMILES string of the molecule is CCOC(=O)NS(=O)(=O)N(C)Cc1cccc(Br)c1. The van der Waals surface area contributed by atoms with Gasteiger partial charge in [-0.2, -0.15) is 12.7 Å². The number of nitrogens with zero attached hydrogens (tertiary/aromatic N) is 1. The minimum Gasteiger partial charge on any atom is -0.449 e. The number of hydrogen-bond donors (Lipinski definition) is 1. The summed E-state index contributed by atoms with van der Waals surface area (Å²) < 4.78 is 31.9. The Morgan fingerprint density at radius 2 is 2.16 bits per heavy atom. The molecule has 1 aromatic carbocycles. The first-order chi connectivity index (χ1) is 8.85. The molecular formula is C11H15BrN2O4S. The smallest absolute Gasteiger partial charge is 0.421 e. The van der Waals surface area contributed by atoms with Crippen LogP contribution in [-0.2, 0) is 21.5 Å². The van der Waals surface area contributed by atoms with Crippen molar-refractivity contribution < 1.29 is 17.9 Å². The Morgan fingerprint density at radius 1 is 1.47 bits per heavy atom. The van der Waals surface area contributed by atoms with Crippen LogP contribution in [0.5, 0.6) is 0 Å². The highest BCUT2D eigenvalue weighted by Gasteiger charge is 2.21. The third kappa shape index (κ3) is 5.17. The Morgan fingerprint density at radius 3 is 2.74 bits per heavy atom. The Balaban J connectivity index is 2.71. The molecule has 1 N–H and O–H groups in total. The molecule has 0 heterocycles. The van der Waals surface area contributed by atoms with Crippen molar-refractivity contribution in [1.82, 2.24) is 9.03 Å². The zero-order valence-electron chi connectivity index (χ0n) is 10.6. The van der Waals surface area contributed by atoms with Crippen LogP contribution in [0.3, 0.4) is 0 Å². The fourth-order valence-electron chi connectivity index (χ4n) is 1.32. The molecule has 0 saturated heterocycles. The van der Waals surface area contributed by atoms with Gasteiger partial charge in [0.15, 0.2) is 0 Å². The molecule has 0 saturated carbocycles. The third-order valence-electron chi connectivity index (χ3n) is 2.19. The molecular weight excluding hydrogens is 336 g/mol. The molecule has 0 fully saturated rings. The standard InChI is InChI=1S/C11H15BrN2O4S/c1-3-18-11(15)13-19(16,17)14(2)8-9-5-4-6-10(12)7-9/h4-7H,3,8H2,1-2H3,(H,13,15). The lowest BCUT2D eigenvalue weighted by Crippen LogP contribution is -2.41. The van der Waals surface area contributed by atoms with Crippen LogP contribution in [0.25, 0.3) is 0 Å². The van der Waals surface area contributed by atoms with Gasteiger partial charge in [-0.1, -0.05) is 28.1 Å². The Labute approximate surface area is 121 Å². The van der Waals surface area contributed by atoms with Gasteiger partial charge in [-0.15, -0.1) is 0 Å². The molecule has 0 aromatic heterocycles. The first-order valence-corrected chi connectivity index (χ1v) is 7.73. The van der Waals surface area contributed by atoms with Crippen molar-refractivity contribution in [2.24, 2.45) is 0 Å². The van der Waals surface area contributed by atoms with Gasteiger partial charge in [0.25, 0.3) is 0 Å². The maximum absolute atomic E-state index is 11.8. The highest BCUT2D eigenvalue weighted by Crippen LogP contribution is 2.13. The molecule has 0 atom stereocenters. The van der Waals surface area contributed by atoms with Gasteiger partial charge in [0, 0.05) is 18.1 Å². The number of ether oxygens (including phenoxy) is 1. The molecule has 1 aromatic rings. The number of amides is 1. The number of carbonyl (C=O) groups is 1. The summed E-state index contributed by atoms with van der Waals surface area (Å²) >= 11 is 3.31. The van der Waals surface area contributed by atoms with Gasteiger partial charge < -0.3 is 4.74 Å². The lowest BCUT2D eigenvalue weighted by molar-refractivity contribution is 0.158. The van der Waals surface area contributed by atoms with Crippen molar-refractivity contribution in [2.45, 2.75) is 13.5 Å². The van der Waals surface area contributed by atoms with E-state index in [0.717, 1.165) is 14.3 Å². The van der Waals surface area contributed by atoms with Gasteiger partial charge >= 0.3 is 16.3 Å². The van der Waals surface area contributed by atoms with Gasteiger partial charge in [-0.05, 0) is 24.6 Å². The average Bonchev–Trinajstić information content (AvgIpc) is 2.28. The molecule has 0 aliphatic carbocycles. The van der Waals surface area contributed by atoms with Crippen LogP contribution in [-0.4, -0.2) is 32.5 Å². The molecule has 0 bridgehead atoms. The van der Waals surface area contributed by atoms with E-state index in [2.05, 4.69) is 20.7 Å². The molecule has 0 aliphatic heterocycles. The minimum atomic E-state index is -3.90. The average molecular weight is 351 g/mol. The lowest BCUT2D eigenvalue weighted by Gasteiger charge is -2.17. The number of benzene rings is 1. The van der Waals surface area contributed by atoms with E-state index in [1.54, 1.807) is 25.1 Å². The largest absolute Gasteiger partial charge is 0.449 e. The van der Waals surface area contributed by atoms with Gasteiger partial charge in [0.1, 0.15) is 0 Å². The topological polar surface area (TPSA) is 75.7 Å². The Bertz CT molecular complexity index is 547. The van der Waals surface area contributed by atoms with Crippen LogP contribution >= 0.6 is 15.9 Å². The van der Waals surface area contributed by atoms with Crippen LogP contribution in [0.1, 0.15) is 12.5 Å². The normalized spacial score (nSPS) is 11.4. The monoisotopic (exact) mass is 350 g/mol.